The van der Waals surface area contributed by atoms with Gasteiger partial charge in [0, 0.05) is 22.6 Å². The van der Waals surface area contributed by atoms with Crippen LogP contribution in [0.25, 0.3) is 0 Å². The Morgan fingerprint density at radius 1 is 2.00 bits per heavy atom. The molecule has 0 rings (SSSR count). The van der Waals surface area contributed by atoms with Gasteiger partial charge in [0.05, 0.1) is 6.04 Å². The summed E-state index contributed by atoms with van der Waals surface area (Å²) < 4.78 is 0.00704. The molecule has 0 aromatic heterocycles. The van der Waals surface area contributed by atoms with Gasteiger partial charge in [-0.2, -0.15) is 0 Å². The van der Waals surface area contributed by atoms with E-state index in [2.05, 4.69) is 0 Å². The quantitative estimate of drug-likeness (QED) is 0.487. The fourth-order valence-corrected chi connectivity index (χ4v) is 0. The molecule has 6 heavy (non-hydrogen) atoms. The van der Waals surface area contributed by atoms with Crippen LogP contribution in [0.15, 0.2) is 0 Å². The molecule has 0 saturated heterocycles. The normalized spacial score (nSPS) is 13.8. The Kier molecular flexibility index (Phi) is 2.67. The van der Waals surface area contributed by atoms with Gasteiger partial charge in [-0.05, 0) is 6.92 Å². The SMILES string of the molecule is C[C@@H](N)C(=O)I. The average Bonchev–Trinajstić information content (AvgIpc) is 1.36. The van der Waals surface area contributed by atoms with Gasteiger partial charge >= 0.3 is 0 Å². The number of halogens is 1. The van der Waals surface area contributed by atoms with Crippen molar-refractivity contribution < 1.29 is 4.79 Å². The number of carbonyl (C=O) groups is 1. The van der Waals surface area contributed by atoms with Crippen LogP contribution in [0.1, 0.15) is 6.92 Å². The molecule has 3 heteroatoms. The first-order valence-corrected chi connectivity index (χ1v) is 2.67. The Balaban J connectivity index is 3.26. The van der Waals surface area contributed by atoms with E-state index in [9.17, 15) is 4.79 Å². The third kappa shape index (κ3) is 2.59. The van der Waals surface area contributed by atoms with Crippen LogP contribution in [0.3, 0.4) is 0 Å². The number of carbonyl (C=O) groups excluding carboxylic acids is 1. The highest BCUT2D eigenvalue weighted by Crippen LogP contribution is 1.87. The van der Waals surface area contributed by atoms with Crippen molar-refractivity contribution in [1.29, 1.82) is 0 Å². The minimum Gasteiger partial charge on any atom is -0.321 e. The van der Waals surface area contributed by atoms with E-state index in [0.717, 1.165) is 0 Å². The molecule has 2 nitrogen and oxygen atoms in total. The number of rotatable bonds is 1. The molecule has 0 aromatic carbocycles. The van der Waals surface area contributed by atoms with Crippen molar-refractivity contribution in [3.8, 4) is 0 Å². The van der Waals surface area contributed by atoms with Crippen molar-refractivity contribution in [2.24, 2.45) is 5.73 Å². The molecule has 0 bridgehead atoms. The molecule has 0 aliphatic heterocycles. The molecule has 0 aliphatic carbocycles. The smallest absolute Gasteiger partial charge is 0.208 e. The molecule has 36 valence electrons. The largest absolute Gasteiger partial charge is 0.321 e. The molecular formula is C3H6INO. The topological polar surface area (TPSA) is 43.1 Å². The number of nitrogens with two attached hydrogens (primary N) is 1. The van der Waals surface area contributed by atoms with Crippen molar-refractivity contribution >= 4 is 26.4 Å². The van der Waals surface area contributed by atoms with E-state index in [1.54, 1.807) is 29.5 Å². The van der Waals surface area contributed by atoms with E-state index in [4.69, 9.17) is 5.73 Å². The second-order valence-corrected chi connectivity index (χ2v) is 2.16. The van der Waals surface area contributed by atoms with Gasteiger partial charge in [-0.1, -0.05) is 0 Å². The lowest BCUT2D eigenvalue weighted by Crippen LogP contribution is -2.21. The van der Waals surface area contributed by atoms with Crippen LogP contribution in [-0.2, 0) is 4.79 Å². The molecule has 0 fully saturated rings. The summed E-state index contributed by atoms with van der Waals surface area (Å²) in [5, 5.41) is 0. The molecule has 0 spiro atoms. The summed E-state index contributed by atoms with van der Waals surface area (Å²) in [5.41, 5.74) is 5.08. The molecule has 0 radical (unpaired) electrons. The second-order valence-electron chi connectivity index (χ2n) is 1.09. The van der Waals surface area contributed by atoms with E-state index < -0.39 is 0 Å². The molecular weight excluding hydrogens is 193 g/mol. The number of hydrogen-bond donors (Lipinski definition) is 1. The molecule has 0 heterocycles. The molecule has 0 saturated carbocycles. The van der Waals surface area contributed by atoms with Crippen molar-refractivity contribution in [3.05, 3.63) is 0 Å². The van der Waals surface area contributed by atoms with E-state index in [1.807, 2.05) is 0 Å². The van der Waals surface area contributed by atoms with E-state index in [1.165, 1.54) is 0 Å². The number of hydrogen-bond acceptors (Lipinski definition) is 2. The van der Waals surface area contributed by atoms with Crippen molar-refractivity contribution in [2.45, 2.75) is 13.0 Å². The molecule has 0 aromatic rings. The lowest BCUT2D eigenvalue weighted by Gasteiger charge is -1.89. The summed E-state index contributed by atoms with van der Waals surface area (Å²) in [6.07, 6.45) is 0. The Hall–Kier alpha value is 0.360. The zero-order valence-corrected chi connectivity index (χ0v) is 5.60. The van der Waals surface area contributed by atoms with Gasteiger partial charge in [-0.15, -0.1) is 0 Å². The minimum absolute atomic E-state index is 0.00704. The van der Waals surface area contributed by atoms with E-state index in [-0.39, 0.29) is 9.83 Å². The van der Waals surface area contributed by atoms with Crippen LogP contribution >= 0.6 is 22.6 Å². The maximum atomic E-state index is 10.0. The molecule has 0 amide bonds. The Bertz CT molecular complexity index is 61.8. The molecule has 1 atom stereocenters. The van der Waals surface area contributed by atoms with E-state index >= 15 is 0 Å². The highest BCUT2D eigenvalue weighted by Gasteiger charge is 1.97. The maximum Gasteiger partial charge on any atom is 0.208 e. The Labute approximate surface area is 50.2 Å². The highest BCUT2D eigenvalue weighted by molar-refractivity contribution is 14.1. The summed E-state index contributed by atoms with van der Waals surface area (Å²) in [4.78, 5) is 10.0. The summed E-state index contributed by atoms with van der Waals surface area (Å²) in [6.45, 7) is 1.66. The first-order valence-electron chi connectivity index (χ1n) is 1.59. The zero-order valence-electron chi connectivity index (χ0n) is 3.44. The van der Waals surface area contributed by atoms with Crippen LogP contribution in [-0.4, -0.2) is 9.83 Å². The van der Waals surface area contributed by atoms with Gasteiger partial charge in [0.2, 0.25) is 3.79 Å². The molecule has 0 aliphatic rings. The molecule has 0 unspecified atom stereocenters. The predicted octanol–water partition coefficient (Wildman–Crippen LogP) is 0.295. The summed E-state index contributed by atoms with van der Waals surface area (Å²) in [5.74, 6) is 0. The second kappa shape index (κ2) is 2.52. The van der Waals surface area contributed by atoms with Crippen LogP contribution in [0.5, 0.6) is 0 Å². The highest BCUT2D eigenvalue weighted by atomic mass is 127. The fourth-order valence-electron chi connectivity index (χ4n) is 0. The third-order valence-corrected chi connectivity index (χ3v) is 1.34. The van der Waals surface area contributed by atoms with Gasteiger partial charge in [0.25, 0.3) is 0 Å². The van der Waals surface area contributed by atoms with Crippen LogP contribution in [0.4, 0.5) is 0 Å². The standard InChI is InChI=1S/C3H6INO/c1-2(5)3(4)6/h2H,5H2,1H3/t2-/m1/s1. The van der Waals surface area contributed by atoms with Gasteiger partial charge in [0.1, 0.15) is 0 Å². The third-order valence-electron chi connectivity index (χ3n) is 0.358. The Morgan fingerprint density at radius 3 is 2.17 bits per heavy atom. The summed E-state index contributed by atoms with van der Waals surface area (Å²) in [6, 6.07) is -0.300. The lowest BCUT2D eigenvalue weighted by molar-refractivity contribution is -0.110. The van der Waals surface area contributed by atoms with E-state index in [0.29, 0.717) is 0 Å². The zero-order chi connectivity index (χ0) is 5.15. The van der Waals surface area contributed by atoms with Crippen molar-refractivity contribution in [2.75, 3.05) is 0 Å². The monoisotopic (exact) mass is 199 g/mol. The van der Waals surface area contributed by atoms with Crippen LogP contribution in [0, 0.1) is 0 Å². The first kappa shape index (κ1) is 6.36. The van der Waals surface area contributed by atoms with Crippen molar-refractivity contribution in [1.82, 2.24) is 0 Å². The fraction of sp³-hybridized carbons (Fsp3) is 0.667. The van der Waals surface area contributed by atoms with Crippen molar-refractivity contribution in [3.63, 3.8) is 0 Å². The predicted molar refractivity (Wildman–Crippen MR) is 32.7 cm³/mol. The maximum absolute atomic E-state index is 10.0. The lowest BCUT2D eigenvalue weighted by atomic mass is 10.4. The van der Waals surface area contributed by atoms with Crippen LogP contribution < -0.4 is 5.73 Å². The van der Waals surface area contributed by atoms with Crippen LogP contribution in [0.2, 0.25) is 0 Å². The Morgan fingerprint density at radius 2 is 2.17 bits per heavy atom. The van der Waals surface area contributed by atoms with Gasteiger partial charge in [-0.3, -0.25) is 4.79 Å². The summed E-state index contributed by atoms with van der Waals surface area (Å²) in [7, 11) is 0. The molecule has 2 N–H and O–H groups in total. The minimum atomic E-state index is -0.300. The van der Waals surface area contributed by atoms with Gasteiger partial charge in [0.15, 0.2) is 0 Å². The average molecular weight is 199 g/mol. The van der Waals surface area contributed by atoms with Gasteiger partial charge in [-0.25, -0.2) is 0 Å². The summed E-state index contributed by atoms with van der Waals surface area (Å²) >= 11 is 1.67. The van der Waals surface area contributed by atoms with Gasteiger partial charge < -0.3 is 5.73 Å². The first-order chi connectivity index (χ1) is 2.64.